The number of hydroxylamine groups is 1. The summed E-state index contributed by atoms with van der Waals surface area (Å²) in [7, 11) is 0. The number of halogens is 2. The standard InChI is InChI=1S/C15H12ClFN6O5/c16-9-7-8(1-2-10(9)17)18-14(19-26)13-15(22-28-20-13)21-27-6-5-23-11(24)3-4-12(23)25/h1-4,7,26H,5-6H2,(H,18,19)(H,21,22). The number of benzene rings is 1. The molecule has 1 aliphatic heterocycles. The molecule has 0 saturated heterocycles. The number of imide groups is 1. The first-order valence-corrected chi connectivity index (χ1v) is 8.05. The number of amides is 2. The fraction of sp³-hybridized carbons (Fsp3) is 0.133. The van der Waals surface area contributed by atoms with E-state index in [0.29, 0.717) is 0 Å². The van der Waals surface area contributed by atoms with Crippen LogP contribution in [0, 0.1) is 5.82 Å². The van der Waals surface area contributed by atoms with Crippen LogP contribution in [0.2, 0.25) is 5.02 Å². The molecule has 1 aromatic carbocycles. The van der Waals surface area contributed by atoms with Gasteiger partial charge in [0.1, 0.15) is 5.82 Å². The molecule has 146 valence electrons. The number of carbonyl (C=O) groups excluding carboxylic acids is 2. The lowest BCUT2D eigenvalue weighted by atomic mass is 10.3. The summed E-state index contributed by atoms with van der Waals surface area (Å²) in [6.45, 7) is -0.0520. The molecule has 3 N–H and O–H groups in total. The van der Waals surface area contributed by atoms with Crippen LogP contribution in [0.3, 0.4) is 0 Å². The van der Waals surface area contributed by atoms with Gasteiger partial charge in [0.25, 0.3) is 11.8 Å². The second-order valence-corrected chi connectivity index (χ2v) is 5.65. The van der Waals surface area contributed by atoms with Gasteiger partial charge in [-0.15, -0.1) is 0 Å². The molecule has 0 saturated carbocycles. The van der Waals surface area contributed by atoms with E-state index in [-0.39, 0.29) is 41.2 Å². The molecule has 0 aliphatic carbocycles. The fourth-order valence-corrected chi connectivity index (χ4v) is 2.31. The van der Waals surface area contributed by atoms with Gasteiger partial charge < -0.3 is 0 Å². The number of hydrogen-bond donors (Lipinski definition) is 3. The van der Waals surface area contributed by atoms with Crippen LogP contribution in [0.1, 0.15) is 5.69 Å². The van der Waals surface area contributed by atoms with Gasteiger partial charge in [0.15, 0.2) is 11.5 Å². The summed E-state index contributed by atoms with van der Waals surface area (Å²) in [6, 6.07) is 3.67. The highest BCUT2D eigenvalue weighted by Crippen LogP contribution is 2.22. The zero-order valence-corrected chi connectivity index (χ0v) is 14.7. The van der Waals surface area contributed by atoms with E-state index in [1.165, 1.54) is 12.1 Å². The second kappa shape index (κ2) is 8.56. The van der Waals surface area contributed by atoms with Gasteiger partial charge in [-0.1, -0.05) is 11.6 Å². The average Bonchev–Trinajstić information content (AvgIpc) is 3.27. The predicted molar refractivity (Wildman–Crippen MR) is 92.3 cm³/mol. The van der Waals surface area contributed by atoms with Crippen LogP contribution in [0.5, 0.6) is 0 Å². The van der Waals surface area contributed by atoms with Gasteiger partial charge in [0, 0.05) is 12.2 Å². The molecule has 3 rings (SSSR count). The normalized spacial score (nSPS) is 14.1. The van der Waals surface area contributed by atoms with Crippen LogP contribution in [-0.4, -0.2) is 51.2 Å². The first-order chi connectivity index (χ1) is 13.5. The van der Waals surface area contributed by atoms with Crippen molar-refractivity contribution in [3.8, 4) is 0 Å². The third kappa shape index (κ3) is 4.31. The molecular weight excluding hydrogens is 399 g/mol. The Balaban J connectivity index is 1.64. The molecule has 11 nitrogen and oxygen atoms in total. The Kier molecular flexibility index (Phi) is 5.93. The largest absolute Gasteiger partial charge is 0.290 e. The van der Waals surface area contributed by atoms with Gasteiger partial charge in [0.05, 0.1) is 23.9 Å². The molecule has 0 atom stereocenters. The Labute approximate surface area is 161 Å². The summed E-state index contributed by atoms with van der Waals surface area (Å²) in [4.78, 5) is 33.0. The van der Waals surface area contributed by atoms with E-state index in [2.05, 4.69) is 25.4 Å². The maximum absolute atomic E-state index is 13.2. The Morgan fingerprint density at radius 3 is 2.75 bits per heavy atom. The molecule has 0 spiro atoms. The number of rotatable bonds is 7. The van der Waals surface area contributed by atoms with Crippen LogP contribution in [0.4, 0.5) is 15.9 Å². The van der Waals surface area contributed by atoms with Crippen molar-refractivity contribution in [2.24, 2.45) is 4.99 Å². The van der Waals surface area contributed by atoms with Crippen molar-refractivity contribution < 1.29 is 28.7 Å². The monoisotopic (exact) mass is 410 g/mol. The highest BCUT2D eigenvalue weighted by atomic mass is 35.5. The van der Waals surface area contributed by atoms with Gasteiger partial charge in [-0.2, -0.15) is 0 Å². The van der Waals surface area contributed by atoms with Crippen LogP contribution in [0.25, 0.3) is 0 Å². The third-order valence-electron chi connectivity index (χ3n) is 3.45. The predicted octanol–water partition coefficient (Wildman–Crippen LogP) is 1.19. The number of aliphatic imine (C=N–C) groups is 1. The average molecular weight is 411 g/mol. The van der Waals surface area contributed by atoms with E-state index in [0.717, 1.165) is 23.1 Å². The molecule has 28 heavy (non-hydrogen) atoms. The van der Waals surface area contributed by atoms with E-state index in [1.807, 2.05) is 5.48 Å². The van der Waals surface area contributed by atoms with Crippen LogP contribution in [-0.2, 0) is 14.4 Å². The second-order valence-electron chi connectivity index (χ2n) is 5.24. The van der Waals surface area contributed by atoms with Crippen molar-refractivity contribution in [1.29, 1.82) is 0 Å². The minimum absolute atomic E-state index is 0.00551. The summed E-state index contributed by atoms with van der Waals surface area (Å²) in [6.07, 6.45) is 2.32. The number of amidine groups is 1. The highest BCUT2D eigenvalue weighted by molar-refractivity contribution is 6.31. The maximum Gasteiger partial charge on any atom is 0.253 e. The Morgan fingerprint density at radius 1 is 1.32 bits per heavy atom. The minimum Gasteiger partial charge on any atom is -0.290 e. The maximum atomic E-state index is 13.2. The topological polar surface area (TPSA) is 142 Å². The fourth-order valence-electron chi connectivity index (χ4n) is 2.13. The van der Waals surface area contributed by atoms with Crippen LogP contribution < -0.4 is 11.0 Å². The van der Waals surface area contributed by atoms with Crippen molar-refractivity contribution in [2.75, 3.05) is 18.6 Å². The third-order valence-corrected chi connectivity index (χ3v) is 3.74. The smallest absolute Gasteiger partial charge is 0.253 e. The lowest BCUT2D eigenvalue weighted by Crippen LogP contribution is -2.33. The van der Waals surface area contributed by atoms with Crippen molar-refractivity contribution in [1.82, 2.24) is 20.7 Å². The molecule has 0 radical (unpaired) electrons. The van der Waals surface area contributed by atoms with E-state index in [9.17, 15) is 19.2 Å². The molecule has 0 fully saturated rings. The molecule has 0 bridgehead atoms. The summed E-state index contributed by atoms with van der Waals surface area (Å²) >= 11 is 5.69. The number of hydrogen-bond acceptors (Lipinski definition) is 9. The van der Waals surface area contributed by atoms with Gasteiger partial charge >= 0.3 is 0 Å². The lowest BCUT2D eigenvalue weighted by Gasteiger charge is -2.13. The highest BCUT2D eigenvalue weighted by Gasteiger charge is 2.23. The van der Waals surface area contributed by atoms with Crippen LogP contribution >= 0.6 is 11.6 Å². The molecule has 0 unspecified atom stereocenters. The summed E-state index contributed by atoms with van der Waals surface area (Å²) in [5.41, 5.74) is 4.40. The molecule has 1 aliphatic rings. The van der Waals surface area contributed by atoms with Gasteiger partial charge in [-0.05, 0) is 28.5 Å². The zero-order valence-electron chi connectivity index (χ0n) is 13.9. The quantitative estimate of drug-likeness (QED) is 0.201. The minimum atomic E-state index is -0.622. The molecule has 13 heteroatoms. The summed E-state index contributed by atoms with van der Waals surface area (Å²) in [5.74, 6) is -1.73. The Bertz CT molecular complexity index is 944. The zero-order chi connectivity index (χ0) is 20.1. The van der Waals surface area contributed by atoms with E-state index >= 15 is 0 Å². The van der Waals surface area contributed by atoms with Crippen molar-refractivity contribution in [3.63, 3.8) is 0 Å². The van der Waals surface area contributed by atoms with Crippen molar-refractivity contribution >= 4 is 40.8 Å². The Hall–Kier alpha value is -3.35. The van der Waals surface area contributed by atoms with Crippen molar-refractivity contribution in [2.45, 2.75) is 0 Å². The Morgan fingerprint density at radius 2 is 2.07 bits per heavy atom. The first kappa shape index (κ1) is 19.4. The summed E-state index contributed by atoms with van der Waals surface area (Å²) in [5, 5.41) is 16.3. The molecule has 2 heterocycles. The SMILES string of the molecule is O=C1C=CC(=O)N1CCONc1nonc1C(=Nc1ccc(F)c(Cl)c1)NO. The number of nitrogens with one attached hydrogen (secondary N) is 2. The number of nitrogens with zero attached hydrogens (tertiary/aromatic N) is 4. The molecular formula is C15H12ClFN6O5. The summed E-state index contributed by atoms with van der Waals surface area (Å²) < 4.78 is 17.8. The molecule has 1 aromatic heterocycles. The van der Waals surface area contributed by atoms with E-state index < -0.39 is 17.6 Å². The van der Waals surface area contributed by atoms with Crippen molar-refractivity contribution in [3.05, 3.63) is 46.9 Å². The van der Waals surface area contributed by atoms with Crippen LogP contribution in [0.15, 0.2) is 40.0 Å². The number of anilines is 1. The number of aromatic nitrogens is 2. The van der Waals surface area contributed by atoms with Gasteiger partial charge in [-0.25, -0.2) is 19.5 Å². The first-order valence-electron chi connectivity index (χ1n) is 7.67. The van der Waals surface area contributed by atoms with Gasteiger partial charge in [0.2, 0.25) is 5.82 Å². The molecule has 2 amide bonds. The lowest BCUT2D eigenvalue weighted by molar-refractivity contribution is -0.137. The van der Waals surface area contributed by atoms with Gasteiger partial charge in [-0.3, -0.25) is 30.0 Å². The van der Waals surface area contributed by atoms with E-state index in [1.54, 1.807) is 0 Å². The molecule has 2 aromatic rings. The van der Waals surface area contributed by atoms with E-state index in [4.69, 9.17) is 16.4 Å². The number of carbonyl (C=O) groups is 2.